The molecule has 0 unspecified atom stereocenters. The second-order valence-electron chi connectivity index (χ2n) is 7.87. The van der Waals surface area contributed by atoms with E-state index in [2.05, 4.69) is 23.5 Å². The minimum Gasteiger partial charge on any atom is -0.493 e. The van der Waals surface area contributed by atoms with E-state index in [1.165, 1.54) is 24.0 Å². The molecular formula is C25H31NO5. The van der Waals surface area contributed by atoms with Gasteiger partial charge in [0.15, 0.2) is 18.1 Å². The van der Waals surface area contributed by atoms with Gasteiger partial charge in [-0.25, -0.2) is 0 Å². The van der Waals surface area contributed by atoms with Crippen LogP contribution >= 0.6 is 0 Å². The van der Waals surface area contributed by atoms with Crippen LogP contribution < -0.4 is 14.8 Å². The zero-order valence-corrected chi connectivity index (χ0v) is 18.5. The van der Waals surface area contributed by atoms with Crippen molar-refractivity contribution in [1.29, 1.82) is 0 Å². The average molecular weight is 426 g/mol. The van der Waals surface area contributed by atoms with Crippen molar-refractivity contribution in [2.24, 2.45) is 0 Å². The molecule has 1 aliphatic carbocycles. The van der Waals surface area contributed by atoms with Crippen molar-refractivity contribution in [2.45, 2.75) is 51.5 Å². The SMILES string of the molecule is COc1ccc(CCC(=O)OCC(=O)N[C@@H](C)c2ccc3c(c2)CCCC3)cc1OC. The van der Waals surface area contributed by atoms with Gasteiger partial charge < -0.3 is 19.5 Å². The number of rotatable bonds is 9. The average Bonchev–Trinajstić information content (AvgIpc) is 2.80. The Morgan fingerprint density at radius 2 is 1.71 bits per heavy atom. The number of methoxy groups -OCH3 is 2. The van der Waals surface area contributed by atoms with Crippen molar-refractivity contribution in [2.75, 3.05) is 20.8 Å². The number of fused-ring (bicyclic) bond motifs is 1. The van der Waals surface area contributed by atoms with Crippen molar-refractivity contribution in [3.8, 4) is 11.5 Å². The van der Waals surface area contributed by atoms with E-state index >= 15 is 0 Å². The zero-order valence-electron chi connectivity index (χ0n) is 18.5. The lowest BCUT2D eigenvalue weighted by molar-refractivity contribution is -0.148. The lowest BCUT2D eigenvalue weighted by atomic mass is 9.89. The molecule has 0 heterocycles. The highest BCUT2D eigenvalue weighted by Crippen LogP contribution is 2.28. The summed E-state index contributed by atoms with van der Waals surface area (Å²) in [5.74, 6) is 0.540. The molecular weight excluding hydrogens is 394 g/mol. The highest BCUT2D eigenvalue weighted by molar-refractivity contribution is 5.80. The van der Waals surface area contributed by atoms with Crippen LogP contribution in [0.15, 0.2) is 36.4 Å². The second kappa shape index (κ2) is 10.8. The number of carbonyl (C=O) groups is 2. The molecule has 0 bridgehead atoms. The molecule has 166 valence electrons. The maximum atomic E-state index is 12.2. The number of hydrogen-bond donors (Lipinski definition) is 1. The first-order chi connectivity index (χ1) is 15.0. The van der Waals surface area contributed by atoms with Gasteiger partial charge in [0.05, 0.1) is 20.3 Å². The molecule has 31 heavy (non-hydrogen) atoms. The second-order valence-corrected chi connectivity index (χ2v) is 7.87. The Kier molecular flexibility index (Phi) is 7.93. The van der Waals surface area contributed by atoms with Gasteiger partial charge in [0.2, 0.25) is 0 Å². The van der Waals surface area contributed by atoms with Gasteiger partial charge in [0, 0.05) is 6.42 Å². The van der Waals surface area contributed by atoms with E-state index in [-0.39, 0.29) is 25.0 Å². The first-order valence-electron chi connectivity index (χ1n) is 10.8. The lowest BCUT2D eigenvalue weighted by Crippen LogP contribution is -2.31. The van der Waals surface area contributed by atoms with Gasteiger partial charge in [-0.2, -0.15) is 0 Å². The molecule has 2 aromatic carbocycles. The molecule has 0 saturated heterocycles. The van der Waals surface area contributed by atoms with E-state index in [1.807, 2.05) is 19.1 Å². The van der Waals surface area contributed by atoms with Gasteiger partial charge in [-0.15, -0.1) is 0 Å². The molecule has 0 fully saturated rings. The molecule has 3 rings (SSSR count). The van der Waals surface area contributed by atoms with Crippen LogP contribution in [0.4, 0.5) is 0 Å². The Morgan fingerprint density at radius 3 is 2.45 bits per heavy atom. The monoisotopic (exact) mass is 425 g/mol. The zero-order chi connectivity index (χ0) is 22.2. The maximum absolute atomic E-state index is 12.2. The van der Waals surface area contributed by atoms with Crippen molar-refractivity contribution < 1.29 is 23.8 Å². The summed E-state index contributed by atoms with van der Waals surface area (Å²) in [6.07, 6.45) is 5.37. The smallest absolute Gasteiger partial charge is 0.306 e. The predicted octanol–water partition coefficient (Wildman–Crippen LogP) is 3.94. The fourth-order valence-corrected chi connectivity index (χ4v) is 3.89. The van der Waals surface area contributed by atoms with E-state index < -0.39 is 5.97 Å². The number of esters is 1. The highest BCUT2D eigenvalue weighted by atomic mass is 16.5. The summed E-state index contributed by atoms with van der Waals surface area (Å²) in [5, 5.41) is 2.91. The number of ether oxygens (including phenoxy) is 3. The van der Waals surface area contributed by atoms with E-state index in [0.29, 0.717) is 17.9 Å². The molecule has 6 nitrogen and oxygen atoms in total. The molecule has 2 aromatic rings. The van der Waals surface area contributed by atoms with Gasteiger partial charge in [0.25, 0.3) is 5.91 Å². The van der Waals surface area contributed by atoms with Gasteiger partial charge in [-0.05, 0) is 73.4 Å². The van der Waals surface area contributed by atoms with Gasteiger partial charge in [-0.3, -0.25) is 9.59 Å². The Balaban J connectivity index is 1.43. The highest BCUT2D eigenvalue weighted by Gasteiger charge is 2.15. The van der Waals surface area contributed by atoms with Crippen LogP contribution in [-0.4, -0.2) is 32.7 Å². The number of nitrogens with one attached hydrogen (secondary N) is 1. The van der Waals surface area contributed by atoms with Crippen LogP contribution in [0.5, 0.6) is 11.5 Å². The fraction of sp³-hybridized carbons (Fsp3) is 0.440. The van der Waals surface area contributed by atoms with Crippen LogP contribution in [0.1, 0.15) is 54.5 Å². The minimum absolute atomic E-state index is 0.134. The first kappa shape index (κ1) is 22.7. The quantitative estimate of drug-likeness (QED) is 0.616. The number of aryl methyl sites for hydroxylation is 3. The Morgan fingerprint density at radius 1 is 0.968 bits per heavy atom. The van der Waals surface area contributed by atoms with Crippen molar-refractivity contribution >= 4 is 11.9 Å². The third-order valence-electron chi connectivity index (χ3n) is 5.68. The summed E-state index contributed by atoms with van der Waals surface area (Å²) in [6.45, 7) is 1.67. The first-order valence-corrected chi connectivity index (χ1v) is 10.8. The molecule has 1 N–H and O–H groups in total. The van der Waals surface area contributed by atoms with Crippen molar-refractivity contribution in [3.05, 3.63) is 58.7 Å². The molecule has 6 heteroatoms. The predicted molar refractivity (Wildman–Crippen MR) is 118 cm³/mol. The standard InChI is InChI=1S/C25H31NO5/c1-17(20-11-10-19-6-4-5-7-21(19)15-20)26-24(27)16-31-25(28)13-9-18-8-12-22(29-2)23(14-18)30-3/h8,10-12,14-15,17H,4-7,9,13,16H2,1-3H3,(H,26,27)/t17-/m0/s1. The Bertz CT molecular complexity index is 924. The fourth-order valence-electron chi connectivity index (χ4n) is 3.89. The van der Waals surface area contributed by atoms with E-state index in [4.69, 9.17) is 14.2 Å². The van der Waals surface area contributed by atoms with Crippen LogP contribution in [0, 0.1) is 0 Å². The van der Waals surface area contributed by atoms with Crippen LogP contribution in [0.25, 0.3) is 0 Å². The molecule has 0 aliphatic heterocycles. The van der Waals surface area contributed by atoms with Gasteiger partial charge in [-0.1, -0.05) is 24.3 Å². The summed E-state index contributed by atoms with van der Waals surface area (Å²) in [7, 11) is 3.14. The summed E-state index contributed by atoms with van der Waals surface area (Å²) in [5.41, 5.74) is 4.80. The summed E-state index contributed by atoms with van der Waals surface area (Å²) >= 11 is 0. The molecule has 1 amide bonds. The minimum atomic E-state index is -0.411. The van der Waals surface area contributed by atoms with E-state index in [1.54, 1.807) is 20.3 Å². The number of benzene rings is 2. The topological polar surface area (TPSA) is 73.9 Å². The number of hydrogen-bond acceptors (Lipinski definition) is 5. The van der Waals surface area contributed by atoms with Crippen LogP contribution in [-0.2, 0) is 33.6 Å². The normalized spacial score (nSPS) is 13.6. The summed E-state index contributed by atoms with van der Waals surface area (Å²) in [4.78, 5) is 24.3. The third kappa shape index (κ3) is 6.23. The third-order valence-corrected chi connectivity index (χ3v) is 5.68. The lowest BCUT2D eigenvalue weighted by Gasteiger charge is -2.20. The van der Waals surface area contributed by atoms with E-state index in [0.717, 1.165) is 24.0 Å². The van der Waals surface area contributed by atoms with Crippen molar-refractivity contribution in [1.82, 2.24) is 5.32 Å². The number of amides is 1. The van der Waals surface area contributed by atoms with Gasteiger partial charge in [0.1, 0.15) is 0 Å². The molecule has 1 atom stereocenters. The number of carbonyl (C=O) groups excluding carboxylic acids is 2. The van der Waals surface area contributed by atoms with Gasteiger partial charge >= 0.3 is 5.97 Å². The molecule has 0 radical (unpaired) electrons. The summed E-state index contributed by atoms with van der Waals surface area (Å²) in [6, 6.07) is 11.8. The Labute approximate surface area is 183 Å². The molecule has 1 aliphatic rings. The maximum Gasteiger partial charge on any atom is 0.306 e. The Hall–Kier alpha value is -3.02. The van der Waals surface area contributed by atoms with Crippen LogP contribution in [0.3, 0.4) is 0 Å². The molecule has 0 saturated carbocycles. The van der Waals surface area contributed by atoms with Crippen molar-refractivity contribution in [3.63, 3.8) is 0 Å². The van der Waals surface area contributed by atoms with Crippen LogP contribution in [0.2, 0.25) is 0 Å². The summed E-state index contributed by atoms with van der Waals surface area (Å²) < 4.78 is 15.6. The molecule has 0 spiro atoms. The van der Waals surface area contributed by atoms with E-state index in [9.17, 15) is 9.59 Å². The molecule has 0 aromatic heterocycles. The largest absolute Gasteiger partial charge is 0.493 e.